The number of esters is 1. The van der Waals surface area contributed by atoms with Crippen molar-refractivity contribution in [3.63, 3.8) is 0 Å². The monoisotopic (exact) mass is 652 g/mol. The van der Waals surface area contributed by atoms with Crippen LogP contribution >= 0.6 is 0 Å². The van der Waals surface area contributed by atoms with E-state index in [0.29, 0.717) is 0 Å². The van der Waals surface area contributed by atoms with E-state index in [4.69, 9.17) is 32.8 Å². The number of aliphatic hydroxyl groups is 5. The third-order valence-corrected chi connectivity index (χ3v) is 7.42. The van der Waals surface area contributed by atoms with Gasteiger partial charge in [-0.05, 0) is 18.2 Å². The lowest BCUT2D eigenvalue weighted by Crippen LogP contribution is -2.61. The lowest BCUT2D eigenvalue weighted by Gasteiger charge is -2.41. The molecule has 0 spiro atoms. The van der Waals surface area contributed by atoms with Crippen LogP contribution in [0.2, 0.25) is 0 Å². The number of carbonyl (C=O) groups is 1. The smallest absolute Gasteiger partial charge is 0.303 e. The zero-order chi connectivity index (χ0) is 33.4. The Labute approximate surface area is 258 Å². The maximum atomic E-state index is 13.7. The molecule has 1 aromatic heterocycles. The van der Waals surface area contributed by atoms with Gasteiger partial charge in [0.2, 0.25) is 17.5 Å². The minimum atomic E-state index is -1.96. The molecule has 0 bridgehead atoms. The van der Waals surface area contributed by atoms with Crippen LogP contribution in [-0.2, 0) is 23.7 Å². The van der Waals surface area contributed by atoms with Gasteiger partial charge in [-0.3, -0.25) is 9.59 Å². The van der Waals surface area contributed by atoms with Gasteiger partial charge in [0.05, 0.1) is 20.3 Å². The van der Waals surface area contributed by atoms with Gasteiger partial charge in [0.1, 0.15) is 59.1 Å². The minimum Gasteiger partial charge on any atom is -0.508 e. The van der Waals surface area contributed by atoms with Crippen molar-refractivity contribution < 1.29 is 78.5 Å². The van der Waals surface area contributed by atoms with E-state index in [9.17, 15) is 50.4 Å². The SMILES string of the molecule is COc1cc(-c2oc3cc(O)cc(O)c3c(=O)c2O[C@@H]2O[C@H](CO[C@@H]3OC[C@@H](O)[C@H](O)[C@@H]3OC(C)=O)[C@H](O)[C@H](O)[C@H]2O)ccc1O. The lowest BCUT2D eigenvalue weighted by atomic mass is 9.99. The molecule has 2 aliphatic heterocycles. The predicted molar refractivity (Wildman–Crippen MR) is 150 cm³/mol. The second kappa shape index (κ2) is 13.3. The third kappa shape index (κ3) is 6.39. The highest BCUT2D eigenvalue weighted by Crippen LogP contribution is 2.39. The van der Waals surface area contributed by atoms with Gasteiger partial charge < -0.3 is 73.7 Å². The zero-order valence-corrected chi connectivity index (χ0v) is 24.2. The molecule has 0 amide bonds. The molecule has 2 saturated heterocycles. The van der Waals surface area contributed by atoms with Gasteiger partial charge >= 0.3 is 5.97 Å². The van der Waals surface area contributed by atoms with Crippen LogP contribution < -0.4 is 14.9 Å². The number of fused-ring (bicyclic) bond motifs is 1. The molecule has 0 saturated carbocycles. The zero-order valence-electron chi connectivity index (χ0n) is 24.2. The van der Waals surface area contributed by atoms with Crippen molar-refractivity contribution in [2.45, 2.75) is 62.2 Å². The van der Waals surface area contributed by atoms with E-state index in [-0.39, 0.29) is 28.4 Å². The standard InChI is InChI=1S/C29H32O17/c1-10(30)43-27-20(35)15(34)8-41-29(27)42-9-18-21(36)23(38)24(39)28(45-18)46-26-22(37)19-14(33)6-12(31)7-17(19)44-25(26)11-3-4-13(32)16(5-11)40-2/h3-7,15,18,20-21,23-24,27-29,31-36,38-39H,8-9H2,1-2H3/t15-,18-,20+,21+,23+,24-,27+,28+,29+/m1/s1. The number of aliphatic hydroxyl groups excluding tert-OH is 5. The first-order valence-electron chi connectivity index (χ1n) is 13.8. The first kappa shape index (κ1) is 33.2. The Kier molecular flexibility index (Phi) is 9.57. The molecular formula is C29H32O17. The molecule has 46 heavy (non-hydrogen) atoms. The average Bonchev–Trinajstić information content (AvgIpc) is 3.00. The number of hydrogen-bond donors (Lipinski definition) is 8. The van der Waals surface area contributed by atoms with Crippen LogP contribution in [0.3, 0.4) is 0 Å². The van der Waals surface area contributed by atoms with E-state index < -0.39 is 103 Å². The van der Waals surface area contributed by atoms with Gasteiger partial charge in [-0.25, -0.2) is 0 Å². The number of phenols is 3. The Morgan fingerprint density at radius 3 is 2.37 bits per heavy atom. The van der Waals surface area contributed by atoms with Crippen LogP contribution in [-0.4, -0.2) is 122 Å². The normalized spacial score (nSPS) is 29.8. The molecule has 0 unspecified atom stereocenters. The Morgan fingerprint density at radius 2 is 1.67 bits per heavy atom. The number of phenolic OH excluding ortho intramolecular Hbond substituents is 3. The second-order valence-corrected chi connectivity index (χ2v) is 10.6. The molecule has 0 radical (unpaired) electrons. The fourth-order valence-corrected chi connectivity index (χ4v) is 5.07. The van der Waals surface area contributed by atoms with Crippen LogP contribution in [0, 0.1) is 0 Å². The van der Waals surface area contributed by atoms with Gasteiger partial charge in [0, 0.05) is 24.6 Å². The average molecular weight is 653 g/mol. The molecule has 3 aromatic rings. The topological polar surface area (TPSA) is 264 Å². The molecule has 5 rings (SSSR count). The first-order valence-corrected chi connectivity index (χ1v) is 13.8. The molecule has 2 fully saturated rings. The predicted octanol–water partition coefficient (Wildman–Crippen LogP) is -1.20. The maximum Gasteiger partial charge on any atom is 0.303 e. The van der Waals surface area contributed by atoms with Gasteiger partial charge in [0.15, 0.2) is 29.7 Å². The largest absolute Gasteiger partial charge is 0.508 e. The number of rotatable bonds is 8. The van der Waals surface area contributed by atoms with Crippen molar-refractivity contribution in [2.75, 3.05) is 20.3 Å². The molecule has 0 aliphatic carbocycles. The first-order chi connectivity index (χ1) is 21.8. The summed E-state index contributed by atoms with van der Waals surface area (Å²) >= 11 is 0. The summed E-state index contributed by atoms with van der Waals surface area (Å²) in [5, 5.41) is 82.3. The summed E-state index contributed by atoms with van der Waals surface area (Å²) in [5.74, 6) is -3.15. The Balaban J connectivity index is 1.48. The highest BCUT2D eigenvalue weighted by Gasteiger charge is 2.48. The van der Waals surface area contributed by atoms with E-state index in [0.717, 1.165) is 19.1 Å². The molecule has 2 aromatic carbocycles. The maximum absolute atomic E-state index is 13.7. The lowest BCUT2D eigenvalue weighted by molar-refractivity contribution is -0.309. The highest BCUT2D eigenvalue weighted by molar-refractivity contribution is 5.88. The summed E-state index contributed by atoms with van der Waals surface area (Å²) in [6.45, 7) is 0.0646. The summed E-state index contributed by atoms with van der Waals surface area (Å²) in [6, 6.07) is 5.80. The van der Waals surface area contributed by atoms with Crippen molar-refractivity contribution in [3.8, 4) is 40.1 Å². The van der Waals surface area contributed by atoms with Crippen molar-refractivity contribution in [2.24, 2.45) is 0 Å². The van der Waals surface area contributed by atoms with Gasteiger partial charge in [-0.2, -0.15) is 0 Å². The van der Waals surface area contributed by atoms with E-state index in [1.54, 1.807) is 0 Å². The summed E-state index contributed by atoms with van der Waals surface area (Å²) < 4.78 is 38.3. The number of benzene rings is 2. The number of aromatic hydroxyl groups is 3. The number of carbonyl (C=O) groups excluding carboxylic acids is 1. The van der Waals surface area contributed by atoms with Crippen molar-refractivity contribution in [1.82, 2.24) is 0 Å². The molecule has 8 N–H and O–H groups in total. The Bertz CT molecular complexity index is 1640. The van der Waals surface area contributed by atoms with E-state index in [2.05, 4.69) is 0 Å². The Hall–Kier alpha value is -4.20. The molecule has 17 heteroatoms. The molecule has 17 nitrogen and oxygen atoms in total. The fourth-order valence-electron chi connectivity index (χ4n) is 5.07. The quantitative estimate of drug-likeness (QED) is 0.133. The Morgan fingerprint density at radius 1 is 0.935 bits per heavy atom. The second-order valence-electron chi connectivity index (χ2n) is 10.6. The van der Waals surface area contributed by atoms with Crippen LogP contribution in [0.5, 0.6) is 28.7 Å². The molecular weight excluding hydrogens is 620 g/mol. The van der Waals surface area contributed by atoms with Gasteiger partial charge in [-0.15, -0.1) is 0 Å². The van der Waals surface area contributed by atoms with Crippen molar-refractivity contribution >= 4 is 16.9 Å². The van der Waals surface area contributed by atoms with Crippen LogP contribution in [0.25, 0.3) is 22.3 Å². The van der Waals surface area contributed by atoms with Crippen LogP contribution in [0.4, 0.5) is 0 Å². The van der Waals surface area contributed by atoms with Crippen molar-refractivity contribution in [1.29, 1.82) is 0 Å². The van der Waals surface area contributed by atoms with Gasteiger partial charge in [-0.1, -0.05) is 0 Å². The molecule has 2 aliphatic rings. The van der Waals surface area contributed by atoms with Crippen molar-refractivity contribution in [3.05, 3.63) is 40.6 Å². The summed E-state index contributed by atoms with van der Waals surface area (Å²) in [4.78, 5) is 25.3. The van der Waals surface area contributed by atoms with E-state index in [1.165, 1.54) is 25.3 Å². The number of hydrogen-bond acceptors (Lipinski definition) is 17. The minimum absolute atomic E-state index is 0.0238. The van der Waals surface area contributed by atoms with E-state index in [1.807, 2.05) is 0 Å². The fraction of sp³-hybridized carbons (Fsp3) is 0.448. The summed E-state index contributed by atoms with van der Waals surface area (Å²) in [7, 11) is 1.28. The summed E-state index contributed by atoms with van der Waals surface area (Å²) in [6.07, 6.45) is -14.9. The summed E-state index contributed by atoms with van der Waals surface area (Å²) in [5.41, 5.74) is -1.15. The van der Waals surface area contributed by atoms with Gasteiger partial charge in [0.25, 0.3) is 0 Å². The third-order valence-electron chi connectivity index (χ3n) is 7.42. The van der Waals surface area contributed by atoms with Crippen LogP contribution in [0.15, 0.2) is 39.5 Å². The molecule has 250 valence electrons. The van der Waals surface area contributed by atoms with E-state index >= 15 is 0 Å². The number of ether oxygens (including phenoxy) is 6. The van der Waals surface area contributed by atoms with Crippen LogP contribution in [0.1, 0.15) is 6.92 Å². The molecule has 9 atom stereocenters. The molecule has 3 heterocycles. The number of methoxy groups -OCH3 is 1. The highest BCUT2D eigenvalue weighted by atomic mass is 16.7.